The lowest BCUT2D eigenvalue weighted by atomic mass is 10.0. The van der Waals surface area contributed by atoms with Gasteiger partial charge in [-0.25, -0.2) is 0 Å². The summed E-state index contributed by atoms with van der Waals surface area (Å²) in [7, 11) is 2.24. The quantitative estimate of drug-likeness (QED) is 0.621. The maximum absolute atomic E-state index is 12.6. The van der Waals surface area contributed by atoms with Crippen LogP contribution in [0.1, 0.15) is 41.7 Å². The van der Waals surface area contributed by atoms with Gasteiger partial charge < -0.3 is 15.0 Å². The highest BCUT2D eigenvalue weighted by molar-refractivity contribution is 5.92. The van der Waals surface area contributed by atoms with Crippen LogP contribution in [0.5, 0.6) is 5.75 Å². The first-order valence-electron chi connectivity index (χ1n) is 11.4. The van der Waals surface area contributed by atoms with Gasteiger partial charge in [-0.2, -0.15) is 0 Å². The van der Waals surface area contributed by atoms with Crippen LogP contribution in [0.2, 0.25) is 0 Å². The molecule has 0 radical (unpaired) electrons. The first-order valence-corrected chi connectivity index (χ1v) is 11.4. The Labute approximate surface area is 189 Å². The zero-order valence-corrected chi connectivity index (χ0v) is 18.4. The third-order valence-electron chi connectivity index (χ3n) is 6.81. The number of piperidine rings is 1. The predicted molar refractivity (Wildman–Crippen MR) is 126 cm³/mol. The van der Waals surface area contributed by atoms with Gasteiger partial charge in [0.15, 0.2) is 0 Å². The number of carbonyl (C=O) groups is 1. The van der Waals surface area contributed by atoms with Gasteiger partial charge in [0.1, 0.15) is 17.5 Å². The molecule has 2 bridgehead atoms. The molecule has 0 saturated carbocycles. The highest BCUT2D eigenvalue weighted by Gasteiger charge is 2.39. The number of pyridine rings is 1. The van der Waals surface area contributed by atoms with Gasteiger partial charge in [-0.05, 0) is 62.1 Å². The molecule has 1 aromatic heterocycles. The topological polar surface area (TPSA) is 54.5 Å². The number of ether oxygens (including phenoxy) is 1. The van der Waals surface area contributed by atoms with E-state index < -0.39 is 0 Å². The first-order chi connectivity index (χ1) is 15.7. The number of amides is 1. The number of benzene rings is 2. The molecular weight excluding hydrogens is 398 g/mol. The zero-order valence-electron chi connectivity index (χ0n) is 18.4. The van der Waals surface area contributed by atoms with E-state index in [0.717, 1.165) is 35.3 Å². The SMILES string of the molecule is CN1[C@@H]2CC[C@H]1CC(Oc1cccc(CNC(=O)c3ccc(-c4ccccc4)cn3)c1)C2. The second-order valence-corrected chi connectivity index (χ2v) is 8.89. The molecule has 1 N–H and O–H groups in total. The van der Waals surface area contributed by atoms with Crippen molar-refractivity contribution in [3.05, 3.63) is 84.2 Å². The number of hydrogen-bond acceptors (Lipinski definition) is 4. The molecule has 2 aliphatic heterocycles. The Morgan fingerprint density at radius 1 is 1.00 bits per heavy atom. The van der Waals surface area contributed by atoms with E-state index in [1.165, 1.54) is 12.8 Å². The molecule has 1 amide bonds. The van der Waals surface area contributed by atoms with E-state index >= 15 is 0 Å². The Morgan fingerprint density at radius 2 is 1.78 bits per heavy atom. The molecule has 0 spiro atoms. The highest BCUT2D eigenvalue weighted by Crippen LogP contribution is 2.36. The standard InChI is InChI=1S/C27H29N3O2/c1-30-22-11-12-23(30)16-25(15-22)32-24-9-5-6-19(14-24)17-29-27(31)26-13-10-21(18-28-26)20-7-3-2-4-8-20/h2-10,13-14,18,22-23,25H,11-12,15-17H2,1H3,(H,29,31)/t22-,23+,25?. The van der Waals surface area contributed by atoms with Crippen molar-refractivity contribution in [3.8, 4) is 16.9 Å². The van der Waals surface area contributed by atoms with Gasteiger partial charge in [0.05, 0.1) is 0 Å². The second kappa shape index (κ2) is 9.13. The molecule has 32 heavy (non-hydrogen) atoms. The van der Waals surface area contributed by atoms with Crippen LogP contribution in [-0.2, 0) is 6.54 Å². The molecule has 1 unspecified atom stereocenters. The minimum atomic E-state index is -0.178. The first kappa shape index (κ1) is 20.7. The molecule has 5 rings (SSSR count). The minimum absolute atomic E-state index is 0.178. The lowest BCUT2D eigenvalue weighted by Gasteiger charge is -2.36. The van der Waals surface area contributed by atoms with Gasteiger partial charge in [-0.1, -0.05) is 48.5 Å². The van der Waals surface area contributed by atoms with Crippen molar-refractivity contribution in [3.63, 3.8) is 0 Å². The molecule has 2 aromatic carbocycles. The summed E-state index contributed by atoms with van der Waals surface area (Å²) in [4.78, 5) is 19.4. The maximum Gasteiger partial charge on any atom is 0.270 e. The van der Waals surface area contributed by atoms with Gasteiger partial charge in [0.2, 0.25) is 0 Å². The molecule has 5 heteroatoms. The van der Waals surface area contributed by atoms with E-state index in [0.29, 0.717) is 24.3 Å². The van der Waals surface area contributed by atoms with Crippen molar-refractivity contribution in [2.24, 2.45) is 0 Å². The van der Waals surface area contributed by atoms with Crippen LogP contribution in [0, 0.1) is 0 Å². The molecule has 3 heterocycles. The molecule has 3 atom stereocenters. The van der Waals surface area contributed by atoms with Crippen molar-refractivity contribution < 1.29 is 9.53 Å². The fourth-order valence-corrected chi connectivity index (χ4v) is 4.98. The third kappa shape index (κ3) is 4.53. The van der Waals surface area contributed by atoms with Crippen molar-refractivity contribution in [2.45, 2.75) is 50.4 Å². The monoisotopic (exact) mass is 427 g/mol. The van der Waals surface area contributed by atoms with Crippen LogP contribution < -0.4 is 10.1 Å². The van der Waals surface area contributed by atoms with Crippen molar-refractivity contribution in [1.82, 2.24) is 15.2 Å². The van der Waals surface area contributed by atoms with Crippen LogP contribution >= 0.6 is 0 Å². The largest absolute Gasteiger partial charge is 0.490 e. The number of nitrogens with zero attached hydrogens (tertiary/aromatic N) is 2. The van der Waals surface area contributed by atoms with Crippen LogP contribution in [0.4, 0.5) is 0 Å². The molecule has 2 aliphatic rings. The summed E-state index contributed by atoms with van der Waals surface area (Å²) < 4.78 is 6.32. The Balaban J connectivity index is 1.17. The van der Waals surface area contributed by atoms with Gasteiger partial charge in [0.25, 0.3) is 5.91 Å². The number of nitrogens with one attached hydrogen (secondary N) is 1. The van der Waals surface area contributed by atoms with E-state index in [1.54, 1.807) is 12.3 Å². The molecular formula is C27H29N3O2. The summed E-state index contributed by atoms with van der Waals surface area (Å²) in [5, 5.41) is 2.97. The molecule has 5 nitrogen and oxygen atoms in total. The lowest BCUT2D eigenvalue weighted by molar-refractivity contribution is 0.0661. The molecule has 3 aromatic rings. The number of rotatable bonds is 6. The summed E-state index contributed by atoms with van der Waals surface area (Å²) >= 11 is 0. The van der Waals surface area contributed by atoms with E-state index in [1.807, 2.05) is 60.7 Å². The number of fused-ring (bicyclic) bond motifs is 2. The minimum Gasteiger partial charge on any atom is -0.490 e. The fraction of sp³-hybridized carbons (Fsp3) is 0.333. The number of aromatic nitrogens is 1. The summed E-state index contributed by atoms with van der Waals surface area (Å²) in [6, 6.07) is 23.1. The van der Waals surface area contributed by atoms with E-state index in [-0.39, 0.29) is 12.0 Å². The van der Waals surface area contributed by atoms with Gasteiger partial charge in [-0.15, -0.1) is 0 Å². The Morgan fingerprint density at radius 3 is 2.50 bits per heavy atom. The maximum atomic E-state index is 12.6. The second-order valence-electron chi connectivity index (χ2n) is 8.89. The number of hydrogen-bond donors (Lipinski definition) is 1. The summed E-state index contributed by atoms with van der Waals surface area (Å²) in [6.45, 7) is 0.441. The van der Waals surface area contributed by atoms with E-state index in [9.17, 15) is 4.79 Å². The van der Waals surface area contributed by atoms with E-state index in [2.05, 4.69) is 22.2 Å². The van der Waals surface area contributed by atoms with Gasteiger partial charge in [-0.3, -0.25) is 9.78 Å². The molecule has 2 saturated heterocycles. The Bertz CT molecular complexity index is 1050. The Kier molecular flexibility index (Phi) is 5.91. The average molecular weight is 428 g/mol. The lowest BCUT2D eigenvalue weighted by Crippen LogP contribution is -2.43. The van der Waals surface area contributed by atoms with Crippen molar-refractivity contribution in [1.29, 1.82) is 0 Å². The summed E-state index contributed by atoms with van der Waals surface area (Å²) in [5.41, 5.74) is 3.52. The third-order valence-corrected chi connectivity index (χ3v) is 6.81. The fourth-order valence-electron chi connectivity index (χ4n) is 4.98. The van der Waals surface area contributed by atoms with Crippen LogP contribution in [0.15, 0.2) is 72.9 Å². The predicted octanol–water partition coefficient (Wildman–Crippen LogP) is 4.68. The number of carbonyl (C=O) groups excluding carboxylic acids is 1. The zero-order chi connectivity index (χ0) is 21.9. The van der Waals surface area contributed by atoms with Crippen LogP contribution in [0.3, 0.4) is 0 Å². The van der Waals surface area contributed by atoms with Gasteiger partial charge in [0, 0.05) is 30.4 Å². The normalized spacial score (nSPS) is 22.5. The molecule has 164 valence electrons. The van der Waals surface area contributed by atoms with Crippen molar-refractivity contribution in [2.75, 3.05) is 7.05 Å². The smallest absolute Gasteiger partial charge is 0.270 e. The van der Waals surface area contributed by atoms with Crippen LogP contribution in [0.25, 0.3) is 11.1 Å². The van der Waals surface area contributed by atoms with Crippen molar-refractivity contribution >= 4 is 5.91 Å². The summed E-state index contributed by atoms with van der Waals surface area (Å²) in [5.74, 6) is 0.707. The summed E-state index contributed by atoms with van der Waals surface area (Å²) in [6.07, 6.45) is 6.78. The molecule has 2 fully saturated rings. The van der Waals surface area contributed by atoms with E-state index in [4.69, 9.17) is 4.74 Å². The average Bonchev–Trinajstić information content (AvgIpc) is 3.04. The highest BCUT2D eigenvalue weighted by atomic mass is 16.5. The van der Waals surface area contributed by atoms with Crippen LogP contribution in [-0.4, -0.2) is 41.0 Å². The molecule has 0 aliphatic carbocycles. The van der Waals surface area contributed by atoms with Gasteiger partial charge >= 0.3 is 0 Å². The Hall–Kier alpha value is -3.18.